The van der Waals surface area contributed by atoms with Crippen molar-refractivity contribution in [1.82, 2.24) is 9.62 Å². The molecular weight excluding hydrogens is 366 g/mol. The van der Waals surface area contributed by atoms with E-state index < -0.39 is 16.1 Å². The van der Waals surface area contributed by atoms with Crippen LogP contribution in [-0.2, 0) is 31.9 Å². The molecule has 25 heavy (non-hydrogen) atoms. The molecule has 0 aromatic heterocycles. The Hall–Kier alpha value is -1.19. The maximum atomic E-state index is 12.5. The Balaban J connectivity index is 0.00000312. The summed E-state index contributed by atoms with van der Waals surface area (Å²) in [6, 6.07) is 6.48. The van der Waals surface area contributed by atoms with Crippen molar-refractivity contribution in [2.45, 2.75) is 31.2 Å². The summed E-state index contributed by atoms with van der Waals surface area (Å²) in [6.45, 7) is 1.55. The smallest absolute Gasteiger partial charge is 0.239 e. The number of hydrogen-bond donors (Lipinski definition) is 2. The molecule has 2 rings (SSSR count). The van der Waals surface area contributed by atoms with Gasteiger partial charge in [-0.3, -0.25) is 4.79 Å². The summed E-state index contributed by atoms with van der Waals surface area (Å²) in [6.07, 6.45) is 1.82. The van der Waals surface area contributed by atoms with E-state index >= 15 is 0 Å². The van der Waals surface area contributed by atoms with E-state index in [4.69, 9.17) is 10.5 Å². The minimum absolute atomic E-state index is 0. The SMILES string of the molecule is COCC(N)C(=O)NCc1ccccc1CS(=O)(=O)N1CCCC1.Cl. The predicted molar refractivity (Wildman–Crippen MR) is 98.8 cm³/mol. The van der Waals surface area contributed by atoms with E-state index in [1.807, 2.05) is 12.1 Å². The van der Waals surface area contributed by atoms with E-state index in [0.29, 0.717) is 18.7 Å². The van der Waals surface area contributed by atoms with Crippen LogP contribution in [0.25, 0.3) is 0 Å². The van der Waals surface area contributed by atoms with Crippen molar-refractivity contribution in [3.05, 3.63) is 35.4 Å². The standard InChI is InChI=1S/C16H25N3O4S.ClH/c1-23-11-15(17)16(20)18-10-13-6-2-3-7-14(13)12-24(21,22)19-8-4-5-9-19;/h2-3,6-7,15H,4-5,8-12,17H2,1H3,(H,18,20);1H. The predicted octanol–water partition coefficient (Wildman–Crippen LogP) is 0.624. The summed E-state index contributed by atoms with van der Waals surface area (Å²) in [5, 5.41) is 2.73. The zero-order valence-electron chi connectivity index (χ0n) is 14.3. The molecule has 1 aromatic carbocycles. The molecule has 0 radical (unpaired) electrons. The van der Waals surface area contributed by atoms with E-state index in [0.717, 1.165) is 18.4 Å². The second kappa shape index (κ2) is 10.1. The van der Waals surface area contributed by atoms with E-state index in [2.05, 4.69) is 5.32 Å². The summed E-state index contributed by atoms with van der Waals surface area (Å²) in [4.78, 5) is 11.9. The number of nitrogens with one attached hydrogen (secondary N) is 1. The van der Waals surface area contributed by atoms with Crippen molar-refractivity contribution in [2.24, 2.45) is 5.73 Å². The molecule has 1 amide bonds. The van der Waals surface area contributed by atoms with Gasteiger partial charge in [0.25, 0.3) is 0 Å². The first-order valence-electron chi connectivity index (χ1n) is 8.01. The fraction of sp³-hybridized carbons (Fsp3) is 0.562. The number of sulfonamides is 1. The molecule has 1 unspecified atom stereocenters. The molecule has 0 spiro atoms. The average molecular weight is 392 g/mol. The lowest BCUT2D eigenvalue weighted by atomic mass is 10.1. The van der Waals surface area contributed by atoms with Gasteiger partial charge in [-0.25, -0.2) is 12.7 Å². The van der Waals surface area contributed by atoms with Gasteiger partial charge < -0.3 is 15.8 Å². The lowest BCUT2D eigenvalue weighted by Crippen LogP contribution is -2.43. The molecule has 0 saturated carbocycles. The van der Waals surface area contributed by atoms with Crippen LogP contribution in [0.2, 0.25) is 0 Å². The number of halogens is 1. The first kappa shape index (κ1) is 21.9. The molecule has 0 bridgehead atoms. The highest BCUT2D eigenvalue weighted by Crippen LogP contribution is 2.19. The molecule has 1 fully saturated rings. The summed E-state index contributed by atoms with van der Waals surface area (Å²) in [7, 11) is -1.85. The van der Waals surface area contributed by atoms with Gasteiger partial charge in [0.15, 0.2) is 0 Å². The van der Waals surface area contributed by atoms with Crippen molar-refractivity contribution in [2.75, 3.05) is 26.8 Å². The average Bonchev–Trinajstić information content (AvgIpc) is 3.09. The largest absolute Gasteiger partial charge is 0.383 e. The zero-order chi connectivity index (χ0) is 17.6. The Morgan fingerprint density at radius 2 is 1.88 bits per heavy atom. The molecule has 7 nitrogen and oxygen atoms in total. The second-order valence-corrected chi connectivity index (χ2v) is 7.88. The van der Waals surface area contributed by atoms with Gasteiger partial charge in [0.2, 0.25) is 15.9 Å². The van der Waals surface area contributed by atoms with Crippen molar-refractivity contribution < 1.29 is 17.9 Å². The van der Waals surface area contributed by atoms with Crippen molar-refractivity contribution >= 4 is 28.3 Å². The van der Waals surface area contributed by atoms with Gasteiger partial charge in [-0.15, -0.1) is 12.4 Å². The number of hydrogen-bond acceptors (Lipinski definition) is 5. The Morgan fingerprint density at radius 3 is 2.48 bits per heavy atom. The zero-order valence-corrected chi connectivity index (χ0v) is 15.9. The summed E-state index contributed by atoms with van der Waals surface area (Å²) >= 11 is 0. The third kappa shape index (κ3) is 6.23. The van der Waals surface area contributed by atoms with Gasteiger partial charge in [0.1, 0.15) is 6.04 Å². The number of carbonyl (C=O) groups excluding carboxylic acids is 1. The van der Waals surface area contributed by atoms with Crippen molar-refractivity contribution in [3.8, 4) is 0 Å². The van der Waals surface area contributed by atoms with Gasteiger partial charge in [-0.2, -0.15) is 0 Å². The summed E-state index contributed by atoms with van der Waals surface area (Å²) in [5.41, 5.74) is 7.15. The van der Waals surface area contributed by atoms with E-state index in [1.165, 1.54) is 11.4 Å². The van der Waals surface area contributed by atoms with E-state index in [-0.39, 0.29) is 37.2 Å². The number of rotatable bonds is 8. The highest BCUT2D eigenvalue weighted by molar-refractivity contribution is 7.88. The quantitative estimate of drug-likeness (QED) is 0.676. The molecule has 1 aliphatic heterocycles. The third-order valence-electron chi connectivity index (χ3n) is 4.05. The maximum Gasteiger partial charge on any atom is 0.239 e. The number of benzene rings is 1. The molecule has 1 heterocycles. The van der Waals surface area contributed by atoms with Gasteiger partial charge >= 0.3 is 0 Å². The number of ether oxygens (including phenoxy) is 1. The fourth-order valence-corrected chi connectivity index (χ4v) is 4.37. The van der Waals surface area contributed by atoms with Crippen LogP contribution in [0.5, 0.6) is 0 Å². The molecular formula is C16H26ClN3O4S. The monoisotopic (exact) mass is 391 g/mol. The van der Waals surface area contributed by atoms with Gasteiger partial charge in [0.05, 0.1) is 12.4 Å². The van der Waals surface area contributed by atoms with Crippen LogP contribution in [0.1, 0.15) is 24.0 Å². The minimum atomic E-state index is -3.32. The first-order valence-corrected chi connectivity index (χ1v) is 9.62. The lowest BCUT2D eigenvalue weighted by Gasteiger charge is -2.18. The Labute approximate surface area is 155 Å². The number of amides is 1. The van der Waals surface area contributed by atoms with Crippen LogP contribution in [0.4, 0.5) is 0 Å². The van der Waals surface area contributed by atoms with Gasteiger partial charge in [0, 0.05) is 26.7 Å². The molecule has 3 N–H and O–H groups in total. The van der Waals surface area contributed by atoms with Crippen LogP contribution >= 0.6 is 12.4 Å². The van der Waals surface area contributed by atoms with Crippen LogP contribution in [0.15, 0.2) is 24.3 Å². The summed E-state index contributed by atoms with van der Waals surface area (Å²) < 4.78 is 31.4. The van der Waals surface area contributed by atoms with Gasteiger partial charge in [-0.05, 0) is 24.0 Å². The molecule has 9 heteroatoms. The van der Waals surface area contributed by atoms with Gasteiger partial charge in [-0.1, -0.05) is 24.3 Å². The third-order valence-corrected chi connectivity index (χ3v) is 5.88. The minimum Gasteiger partial charge on any atom is -0.383 e. The Bertz CT molecular complexity index is 663. The van der Waals surface area contributed by atoms with Crippen LogP contribution in [-0.4, -0.2) is 51.5 Å². The topological polar surface area (TPSA) is 102 Å². The number of methoxy groups -OCH3 is 1. The Kier molecular flexibility index (Phi) is 8.81. The molecule has 142 valence electrons. The number of carbonyl (C=O) groups is 1. The molecule has 1 aliphatic rings. The van der Waals surface area contributed by atoms with Crippen molar-refractivity contribution in [1.29, 1.82) is 0 Å². The molecule has 1 atom stereocenters. The second-order valence-electron chi connectivity index (χ2n) is 5.91. The van der Waals surface area contributed by atoms with Crippen LogP contribution < -0.4 is 11.1 Å². The van der Waals surface area contributed by atoms with Crippen LogP contribution in [0.3, 0.4) is 0 Å². The lowest BCUT2D eigenvalue weighted by molar-refractivity contribution is -0.123. The fourth-order valence-electron chi connectivity index (χ4n) is 2.69. The first-order chi connectivity index (χ1) is 11.4. The normalized spacial score (nSPS) is 16.2. The molecule has 1 saturated heterocycles. The highest BCUT2D eigenvalue weighted by Gasteiger charge is 2.26. The number of nitrogens with two attached hydrogens (primary N) is 1. The van der Waals surface area contributed by atoms with E-state index in [9.17, 15) is 13.2 Å². The Morgan fingerprint density at radius 1 is 1.28 bits per heavy atom. The van der Waals surface area contributed by atoms with Crippen molar-refractivity contribution in [3.63, 3.8) is 0 Å². The molecule has 1 aromatic rings. The number of nitrogens with zero attached hydrogens (tertiary/aromatic N) is 1. The highest BCUT2D eigenvalue weighted by atomic mass is 35.5. The molecule has 0 aliphatic carbocycles. The van der Waals surface area contributed by atoms with Crippen LogP contribution in [0, 0.1) is 0 Å². The summed E-state index contributed by atoms with van der Waals surface area (Å²) in [5.74, 6) is -0.377. The van der Waals surface area contributed by atoms with E-state index in [1.54, 1.807) is 12.1 Å². The maximum absolute atomic E-state index is 12.5.